The molecule has 0 aliphatic carbocycles. The van der Waals surface area contributed by atoms with Crippen LogP contribution >= 0.6 is 11.6 Å². The zero-order chi connectivity index (χ0) is 24.0. The lowest BCUT2D eigenvalue weighted by atomic mass is 10.1. The van der Waals surface area contributed by atoms with Crippen LogP contribution in [0, 0.1) is 19.7 Å². The van der Waals surface area contributed by atoms with Crippen molar-refractivity contribution in [1.82, 2.24) is 19.5 Å². The summed E-state index contributed by atoms with van der Waals surface area (Å²) in [6.45, 7) is 5.36. The molecule has 4 heterocycles. The van der Waals surface area contributed by atoms with Crippen LogP contribution in [0.2, 0.25) is 5.02 Å². The third-order valence-corrected chi connectivity index (χ3v) is 6.38. The molecule has 1 aliphatic heterocycles. The maximum absolute atomic E-state index is 15.0. The van der Waals surface area contributed by atoms with Crippen molar-refractivity contribution in [3.8, 4) is 11.3 Å². The molecule has 0 spiro atoms. The molecular weight excluding hydrogens is 457 g/mol. The Kier molecular flexibility index (Phi) is 5.79. The lowest BCUT2D eigenvalue weighted by molar-refractivity contribution is 0.0394. The summed E-state index contributed by atoms with van der Waals surface area (Å²) in [5.74, 6) is 0.619. The summed E-state index contributed by atoms with van der Waals surface area (Å²) < 4.78 is 22.4. The summed E-state index contributed by atoms with van der Waals surface area (Å²) >= 11 is 5.97. The van der Waals surface area contributed by atoms with Crippen molar-refractivity contribution in [3.63, 3.8) is 0 Å². The first-order valence-corrected chi connectivity index (χ1v) is 11.3. The number of aromatic nitrogens is 4. The Morgan fingerprint density at radius 2 is 1.97 bits per heavy atom. The first-order chi connectivity index (χ1) is 16.3. The van der Waals surface area contributed by atoms with Crippen LogP contribution < -0.4 is 10.5 Å². The molecule has 7 nitrogen and oxygen atoms in total. The van der Waals surface area contributed by atoms with Crippen molar-refractivity contribution in [2.45, 2.75) is 20.0 Å². The average Bonchev–Trinajstić information content (AvgIpc) is 2.82. The number of benzene rings is 1. The highest BCUT2D eigenvalue weighted by molar-refractivity contribution is 6.30. The van der Waals surface area contributed by atoms with E-state index in [0.717, 1.165) is 11.3 Å². The normalized spacial score (nSPS) is 16.3. The van der Waals surface area contributed by atoms with Crippen molar-refractivity contribution in [2.75, 3.05) is 24.6 Å². The molecule has 1 atom stereocenters. The zero-order valence-electron chi connectivity index (χ0n) is 19.0. The number of hydrogen-bond donors (Lipinski definition) is 0. The Hall–Kier alpha value is -3.36. The molecule has 1 aliphatic rings. The van der Waals surface area contributed by atoms with E-state index in [-0.39, 0.29) is 33.3 Å². The molecule has 0 N–H and O–H groups in total. The highest BCUT2D eigenvalue weighted by atomic mass is 35.5. The van der Waals surface area contributed by atoms with Crippen LogP contribution in [0.1, 0.15) is 23.2 Å². The van der Waals surface area contributed by atoms with Gasteiger partial charge in [-0.05, 0) is 49.7 Å². The fourth-order valence-corrected chi connectivity index (χ4v) is 4.41. The highest BCUT2D eigenvalue weighted by Crippen LogP contribution is 2.33. The SMILES string of the molecule is Cc1cc([C@@H]2CN(c3cc4nc(C)n(C)c(=O)c4c(-c4ccc(Cl)cc4F)n3)CCO2)ccn1. The van der Waals surface area contributed by atoms with Crippen LogP contribution in [0.4, 0.5) is 10.2 Å². The summed E-state index contributed by atoms with van der Waals surface area (Å²) in [6, 6.07) is 10.1. The molecule has 0 saturated carbocycles. The molecular formula is C25H23ClFN5O2. The second kappa shape index (κ2) is 8.77. The number of ether oxygens (including phenoxy) is 1. The molecule has 0 unspecified atom stereocenters. The van der Waals surface area contributed by atoms with E-state index < -0.39 is 5.82 Å². The quantitative estimate of drug-likeness (QED) is 0.434. The van der Waals surface area contributed by atoms with E-state index in [4.69, 9.17) is 21.3 Å². The van der Waals surface area contributed by atoms with Gasteiger partial charge in [0.1, 0.15) is 23.6 Å². The van der Waals surface area contributed by atoms with E-state index in [1.165, 1.54) is 10.6 Å². The Balaban J connectivity index is 1.66. The van der Waals surface area contributed by atoms with E-state index in [1.54, 1.807) is 38.4 Å². The van der Waals surface area contributed by atoms with Crippen molar-refractivity contribution in [1.29, 1.82) is 0 Å². The fourth-order valence-electron chi connectivity index (χ4n) is 4.25. The number of hydrogen-bond acceptors (Lipinski definition) is 6. The number of fused-ring (bicyclic) bond motifs is 1. The minimum Gasteiger partial charge on any atom is -0.370 e. The number of halogens is 2. The molecule has 9 heteroatoms. The van der Waals surface area contributed by atoms with E-state index in [2.05, 4.69) is 14.9 Å². The smallest absolute Gasteiger partial charge is 0.263 e. The topological polar surface area (TPSA) is 73.1 Å². The van der Waals surface area contributed by atoms with E-state index in [1.807, 2.05) is 19.1 Å². The third-order valence-electron chi connectivity index (χ3n) is 6.14. The first-order valence-electron chi connectivity index (χ1n) is 10.9. The predicted octanol–water partition coefficient (Wildman–Crippen LogP) is 4.38. The van der Waals surface area contributed by atoms with Crippen molar-refractivity contribution in [2.24, 2.45) is 7.05 Å². The Bertz CT molecular complexity index is 1470. The van der Waals surface area contributed by atoms with Gasteiger partial charge in [0.25, 0.3) is 5.56 Å². The Labute approximate surface area is 200 Å². The van der Waals surface area contributed by atoms with Crippen LogP contribution in [0.3, 0.4) is 0 Å². The van der Waals surface area contributed by atoms with E-state index >= 15 is 0 Å². The standard InChI is InChI=1S/C25H23ClFN5O2/c1-14-10-16(6-7-28-14)21-13-32(8-9-34-21)22-12-20-23(25(33)31(3)15(2)29-20)24(30-22)18-5-4-17(26)11-19(18)27/h4-7,10-12,21H,8-9,13H2,1-3H3/t21-/m0/s1. The molecule has 1 aromatic carbocycles. The molecule has 174 valence electrons. The molecule has 0 amide bonds. The van der Waals surface area contributed by atoms with Crippen molar-refractivity contribution in [3.05, 3.63) is 80.9 Å². The van der Waals surface area contributed by atoms with Crippen LogP contribution in [0.5, 0.6) is 0 Å². The lowest BCUT2D eigenvalue weighted by Gasteiger charge is -2.34. The summed E-state index contributed by atoms with van der Waals surface area (Å²) in [6.07, 6.45) is 1.60. The first kappa shape index (κ1) is 22.4. The number of rotatable bonds is 3. The van der Waals surface area contributed by atoms with Gasteiger partial charge >= 0.3 is 0 Å². The highest BCUT2D eigenvalue weighted by Gasteiger charge is 2.26. The third kappa shape index (κ3) is 4.03. The summed E-state index contributed by atoms with van der Waals surface area (Å²) in [5.41, 5.74) is 2.59. The van der Waals surface area contributed by atoms with Gasteiger partial charge < -0.3 is 9.64 Å². The van der Waals surface area contributed by atoms with Gasteiger partial charge in [0.05, 0.1) is 23.2 Å². The number of aryl methyl sites for hydroxylation is 2. The molecule has 5 rings (SSSR count). The van der Waals surface area contributed by atoms with Crippen molar-refractivity contribution < 1.29 is 9.13 Å². The van der Waals surface area contributed by atoms with E-state index in [9.17, 15) is 9.18 Å². The predicted molar refractivity (Wildman–Crippen MR) is 130 cm³/mol. The summed E-state index contributed by atoms with van der Waals surface area (Å²) in [7, 11) is 1.64. The van der Waals surface area contributed by atoms with Crippen LogP contribution in [-0.4, -0.2) is 39.2 Å². The maximum atomic E-state index is 15.0. The minimum atomic E-state index is -0.548. The van der Waals surface area contributed by atoms with Gasteiger partial charge in [0.2, 0.25) is 0 Å². The molecule has 0 radical (unpaired) electrons. The number of nitrogens with zero attached hydrogens (tertiary/aromatic N) is 5. The van der Waals surface area contributed by atoms with Gasteiger partial charge in [-0.1, -0.05) is 11.6 Å². The number of pyridine rings is 2. The average molecular weight is 480 g/mol. The van der Waals surface area contributed by atoms with Gasteiger partial charge in [-0.25, -0.2) is 14.4 Å². The van der Waals surface area contributed by atoms with Crippen LogP contribution in [0.15, 0.2) is 47.4 Å². The molecule has 4 aromatic rings. The van der Waals surface area contributed by atoms with Crippen molar-refractivity contribution >= 4 is 28.3 Å². The minimum absolute atomic E-state index is 0.165. The second-order valence-electron chi connectivity index (χ2n) is 8.41. The van der Waals surface area contributed by atoms with Gasteiger partial charge in [0, 0.05) is 48.7 Å². The molecule has 1 saturated heterocycles. The number of anilines is 1. The van der Waals surface area contributed by atoms with Gasteiger partial charge in [-0.3, -0.25) is 14.3 Å². The fraction of sp³-hybridized carbons (Fsp3) is 0.280. The van der Waals surface area contributed by atoms with Gasteiger partial charge in [0.15, 0.2) is 0 Å². The van der Waals surface area contributed by atoms with Crippen LogP contribution in [0.25, 0.3) is 22.2 Å². The monoisotopic (exact) mass is 479 g/mol. The van der Waals surface area contributed by atoms with Crippen LogP contribution in [-0.2, 0) is 11.8 Å². The Morgan fingerprint density at radius 1 is 1.15 bits per heavy atom. The van der Waals surface area contributed by atoms with E-state index in [0.29, 0.717) is 36.9 Å². The van der Waals surface area contributed by atoms with Gasteiger partial charge in [-0.2, -0.15) is 0 Å². The largest absolute Gasteiger partial charge is 0.370 e. The summed E-state index contributed by atoms with van der Waals surface area (Å²) in [5, 5.41) is 0.542. The lowest BCUT2D eigenvalue weighted by Crippen LogP contribution is -2.39. The second-order valence-corrected chi connectivity index (χ2v) is 8.84. The van der Waals surface area contributed by atoms with Gasteiger partial charge in [-0.15, -0.1) is 0 Å². The Morgan fingerprint density at radius 3 is 2.74 bits per heavy atom. The molecule has 1 fully saturated rings. The molecule has 3 aromatic heterocycles. The summed E-state index contributed by atoms with van der Waals surface area (Å²) in [4.78, 5) is 28.9. The maximum Gasteiger partial charge on any atom is 0.263 e. The zero-order valence-corrected chi connectivity index (χ0v) is 19.8. The molecule has 34 heavy (non-hydrogen) atoms. The molecule has 0 bridgehead atoms. The number of morpholine rings is 1.